The van der Waals surface area contributed by atoms with Crippen molar-refractivity contribution in [3.8, 4) is 11.5 Å². The number of aliphatic hydroxyl groups is 2. The molecule has 0 aromatic heterocycles. The first-order chi connectivity index (χ1) is 15.6. The summed E-state index contributed by atoms with van der Waals surface area (Å²) in [5.41, 5.74) is 0.334. The monoisotopic (exact) mass is 458 g/mol. The van der Waals surface area contributed by atoms with Crippen molar-refractivity contribution >= 4 is 11.9 Å². The molecule has 1 aliphatic heterocycles. The van der Waals surface area contributed by atoms with E-state index in [4.69, 9.17) is 18.9 Å². The number of methoxy groups -OCH3 is 1. The van der Waals surface area contributed by atoms with Crippen LogP contribution in [0.5, 0.6) is 11.5 Å². The molecule has 1 aromatic rings. The Morgan fingerprint density at radius 1 is 1.24 bits per heavy atom. The van der Waals surface area contributed by atoms with Crippen LogP contribution < -0.4 is 9.47 Å². The van der Waals surface area contributed by atoms with Gasteiger partial charge in [0.2, 0.25) is 0 Å². The van der Waals surface area contributed by atoms with Crippen molar-refractivity contribution in [3.05, 3.63) is 35.1 Å². The first kappa shape index (κ1) is 22.2. The van der Waals surface area contributed by atoms with Crippen LogP contribution in [0.1, 0.15) is 51.2 Å². The number of aliphatic hydroxyl groups excluding tert-OH is 1. The lowest BCUT2D eigenvalue weighted by molar-refractivity contribution is -0.178. The van der Waals surface area contributed by atoms with Crippen LogP contribution in [0.3, 0.4) is 0 Å². The minimum atomic E-state index is -1.34. The van der Waals surface area contributed by atoms with Gasteiger partial charge in [0.15, 0.2) is 23.7 Å². The number of carbonyl (C=O) groups excluding carboxylic acids is 2. The fourth-order valence-corrected chi connectivity index (χ4v) is 6.48. The van der Waals surface area contributed by atoms with E-state index in [-0.39, 0.29) is 5.92 Å². The second-order valence-corrected chi connectivity index (χ2v) is 9.84. The van der Waals surface area contributed by atoms with E-state index in [0.29, 0.717) is 36.0 Å². The van der Waals surface area contributed by atoms with Gasteiger partial charge in [-0.3, -0.25) is 0 Å². The van der Waals surface area contributed by atoms with Gasteiger partial charge in [-0.1, -0.05) is 13.0 Å². The summed E-state index contributed by atoms with van der Waals surface area (Å²) in [6.45, 7) is 4.85. The molecule has 1 heterocycles. The Kier molecular flexibility index (Phi) is 5.03. The van der Waals surface area contributed by atoms with E-state index in [9.17, 15) is 19.8 Å². The van der Waals surface area contributed by atoms with Gasteiger partial charge in [0.05, 0.1) is 18.1 Å². The standard InChI is InChI=1S/C25H30O8/c1-12-7-9-24-19-15-5-6-17(30-4)20(19)33-21(24)18(8-10-25(24,29)16(12)11-15)32-23(28)14(3)31-22(27)13(2)26/h5-6,8,12-14,16,21,26,29H,7,9-11H2,1-4H3/t12?,13-,14-,16-,21-,24-,25+/m0/s1. The van der Waals surface area contributed by atoms with Crippen LogP contribution in [0.15, 0.2) is 24.0 Å². The van der Waals surface area contributed by atoms with E-state index < -0.39 is 41.3 Å². The Morgan fingerprint density at radius 3 is 2.70 bits per heavy atom. The molecule has 1 saturated carbocycles. The minimum Gasteiger partial charge on any atom is -0.493 e. The van der Waals surface area contributed by atoms with Gasteiger partial charge in [-0.05, 0) is 69.1 Å². The SMILES string of the molecule is COc1ccc2c3c1O[C@H]1C(OC(=O)[C@H](C)OC(=O)[C@H](C)O)=CC[C@@]4(O)[C@@H](C2)C(C)CC[C@]314. The fraction of sp³-hybridized carbons (Fsp3) is 0.600. The number of hydrogen-bond acceptors (Lipinski definition) is 8. The van der Waals surface area contributed by atoms with Gasteiger partial charge in [-0.25, -0.2) is 9.59 Å². The topological polar surface area (TPSA) is 112 Å². The van der Waals surface area contributed by atoms with Gasteiger partial charge >= 0.3 is 11.9 Å². The Labute approximate surface area is 192 Å². The molecule has 0 saturated heterocycles. The lowest BCUT2D eigenvalue weighted by Crippen LogP contribution is -2.69. The average Bonchev–Trinajstić information content (AvgIpc) is 3.13. The maximum atomic E-state index is 12.8. The predicted octanol–water partition coefficient (Wildman–Crippen LogP) is 2.17. The van der Waals surface area contributed by atoms with Gasteiger partial charge in [-0.15, -0.1) is 0 Å². The van der Waals surface area contributed by atoms with E-state index in [0.717, 1.165) is 24.0 Å². The second-order valence-electron chi connectivity index (χ2n) is 9.84. The third kappa shape index (κ3) is 2.89. The Hall–Kier alpha value is -2.58. The van der Waals surface area contributed by atoms with Crippen molar-refractivity contribution < 1.29 is 38.7 Å². The molecular weight excluding hydrogens is 428 g/mol. The van der Waals surface area contributed by atoms with Crippen molar-refractivity contribution in [1.82, 2.24) is 0 Å². The molecule has 33 heavy (non-hydrogen) atoms. The van der Waals surface area contributed by atoms with E-state index in [1.165, 1.54) is 13.8 Å². The highest BCUT2D eigenvalue weighted by atomic mass is 16.6. The molecule has 8 nitrogen and oxygen atoms in total. The van der Waals surface area contributed by atoms with Crippen LogP contribution in [-0.4, -0.2) is 53.2 Å². The summed E-state index contributed by atoms with van der Waals surface area (Å²) in [6, 6.07) is 3.94. The zero-order valence-corrected chi connectivity index (χ0v) is 19.3. The number of rotatable bonds is 5. The third-order valence-corrected chi connectivity index (χ3v) is 8.12. The lowest BCUT2D eigenvalue weighted by atomic mass is 9.45. The number of carbonyl (C=O) groups is 2. The van der Waals surface area contributed by atoms with Crippen LogP contribution in [0.25, 0.3) is 0 Å². The van der Waals surface area contributed by atoms with Crippen molar-refractivity contribution in [2.24, 2.45) is 11.8 Å². The lowest BCUT2D eigenvalue weighted by Gasteiger charge is -2.61. The maximum absolute atomic E-state index is 12.8. The molecule has 7 atom stereocenters. The number of ether oxygens (including phenoxy) is 4. The summed E-state index contributed by atoms with van der Waals surface area (Å²) in [6.07, 6.45) is 1.21. The molecule has 1 spiro atoms. The number of esters is 2. The summed E-state index contributed by atoms with van der Waals surface area (Å²) >= 11 is 0. The molecule has 2 N–H and O–H groups in total. The minimum absolute atomic E-state index is 0.0589. The molecule has 0 radical (unpaired) electrons. The highest BCUT2D eigenvalue weighted by Gasteiger charge is 2.72. The van der Waals surface area contributed by atoms with Crippen LogP contribution >= 0.6 is 0 Å². The molecule has 5 rings (SSSR count). The normalized spacial score (nSPS) is 34.8. The maximum Gasteiger partial charge on any atom is 0.352 e. The molecule has 1 fully saturated rings. The summed E-state index contributed by atoms with van der Waals surface area (Å²) in [5.74, 6) is 0.233. The molecule has 3 aliphatic carbocycles. The molecule has 178 valence electrons. The Bertz CT molecular complexity index is 1050. The van der Waals surface area contributed by atoms with Crippen molar-refractivity contribution in [3.63, 3.8) is 0 Å². The van der Waals surface area contributed by atoms with Crippen molar-refractivity contribution in [2.45, 2.75) is 75.8 Å². The smallest absolute Gasteiger partial charge is 0.352 e. The van der Waals surface area contributed by atoms with Crippen LogP contribution in [0, 0.1) is 11.8 Å². The fourth-order valence-electron chi connectivity index (χ4n) is 6.48. The Balaban J connectivity index is 1.54. The molecule has 1 aromatic carbocycles. The first-order valence-electron chi connectivity index (χ1n) is 11.5. The summed E-state index contributed by atoms with van der Waals surface area (Å²) in [7, 11) is 1.58. The van der Waals surface area contributed by atoms with Gasteiger partial charge in [0.1, 0.15) is 11.9 Å². The molecule has 2 bridgehead atoms. The zero-order valence-electron chi connectivity index (χ0n) is 19.3. The van der Waals surface area contributed by atoms with E-state index in [1.54, 1.807) is 13.2 Å². The molecule has 1 unspecified atom stereocenters. The highest BCUT2D eigenvalue weighted by molar-refractivity contribution is 5.81. The molecule has 4 aliphatic rings. The van der Waals surface area contributed by atoms with Gasteiger partial charge < -0.3 is 29.2 Å². The third-order valence-electron chi connectivity index (χ3n) is 8.12. The second kappa shape index (κ2) is 7.46. The average molecular weight is 459 g/mol. The summed E-state index contributed by atoms with van der Waals surface area (Å²) < 4.78 is 22.7. The number of benzene rings is 1. The van der Waals surface area contributed by atoms with Gasteiger partial charge in [0, 0.05) is 5.56 Å². The van der Waals surface area contributed by atoms with Crippen molar-refractivity contribution in [2.75, 3.05) is 7.11 Å². The van der Waals surface area contributed by atoms with E-state index in [1.807, 2.05) is 6.07 Å². The molecule has 8 heteroatoms. The summed E-state index contributed by atoms with van der Waals surface area (Å²) in [4.78, 5) is 24.4. The summed E-state index contributed by atoms with van der Waals surface area (Å²) in [5, 5.41) is 21.5. The van der Waals surface area contributed by atoms with Gasteiger partial charge in [0.25, 0.3) is 0 Å². The van der Waals surface area contributed by atoms with Crippen LogP contribution in [-0.2, 0) is 30.9 Å². The van der Waals surface area contributed by atoms with Crippen LogP contribution in [0.2, 0.25) is 0 Å². The van der Waals surface area contributed by atoms with E-state index >= 15 is 0 Å². The van der Waals surface area contributed by atoms with Crippen molar-refractivity contribution in [1.29, 1.82) is 0 Å². The number of hydrogen-bond donors (Lipinski definition) is 2. The molecular formula is C25H30O8. The predicted molar refractivity (Wildman–Crippen MR) is 116 cm³/mol. The first-order valence-corrected chi connectivity index (χ1v) is 11.5. The molecule has 0 amide bonds. The highest BCUT2D eigenvalue weighted by Crippen LogP contribution is 2.68. The Morgan fingerprint density at radius 2 is 2.00 bits per heavy atom. The van der Waals surface area contributed by atoms with Gasteiger partial charge in [-0.2, -0.15) is 0 Å². The zero-order chi connectivity index (χ0) is 23.7. The van der Waals surface area contributed by atoms with Crippen LogP contribution in [0.4, 0.5) is 0 Å². The van der Waals surface area contributed by atoms with E-state index in [2.05, 4.69) is 13.0 Å². The quantitative estimate of drug-likeness (QED) is 0.646. The largest absolute Gasteiger partial charge is 0.493 e.